The van der Waals surface area contributed by atoms with Gasteiger partial charge in [0.2, 0.25) is 0 Å². The number of rotatable bonds is 0. The number of nitrogens with one attached hydrogen (secondary N) is 1. The molecule has 3 rings (SSSR count). The van der Waals surface area contributed by atoms with Gasteiger partial charge in [-0.05, 0) is 36.8 Å². The third kappa shape index (κ3) is 1.67. The normalized spacial score (nSPS) is 32.1. The van der Waals surface area contributed by atoms with Gasteiger partial charge in [-0.15, -0.1) is 0 Å². The van der Waals surface area contributed by atoms with Crippen molar-refractivity contribution in [2.75, 3.05) is 0 Å². The fraction of sp³-hybridized carbons (Fsp3) is 0.533. The Hall–Kier alpha value is -1.31. The maximum Gasteiger partial charge on any atom is 0.252 e. The Morgan fingerprint density at radius 1 is 1.29 bits per heavy atom. The Labute approximate surface area is 102 Å². The molecule has 1 N–H and O–H groups in total. The van der Waals surface area contributed by atoms with Crippen molar-refractivity contribution in [2.24, 2.45) is 5.92 Å². The van der Waals surface area contributed by atoms with Crippen LogP contribution in [0.3, 0.4) is 0 Å². The smallest absolute Gasteiger partial charge is 0.252 e. The molecular weight excluding hydrogens is 210 g/mol. The van der Waals surface area contributed by atoms with Gasteiger partial charge in [-0.25, -0.2) is 0 Å². The van der Waals surface area contributed by atoms with Crippen LogP contribution >= 0.6 is 0 Å². The summed E-state index contributed by atoms with van der Waals surface area (Å²) in [7, 11) is 0. The number of carbonyl (C=O) groups excluding carboxylic acids is 1. The molecule has 0 bridgehead atoms. The van der Waals surface area contributed by atoms with E-state index >= 15 is 0 Å². The Kier molecular flexibility index (Phi) is 2.46. The van der Waals surface area contributed by atoms with Crippen molar-refractivity contribution in [1.82, 2.24) is 5.32 Å². The van der Waals surface area contributed by atoms with E-state index in [2.05, 4.69) is 18.3 Å². The molecule has 2 atom stereocenters. The molecule has 1 aliphatic heterocycles. The van der Waals surface area contributed by atoms with E-state index < -0.39 is 0 Å². The highest BCUT2D eigenvalue weighted by molar-refractivity contribution is 5.97. The number of amides is 1. The van der Waals surface area contributed by atoms with Crippen LogP contribution in [-0.4, -0.2) is 11.4 Å². The van der Waals surface area contributed by atoms with Crippen molar-refractivity contribution >= 4 is 5.91 Å². The van der Waals surface area contributed by atoms with Crippen molar-refractivity contribution in [3.05, 3.63) is 35.4 Å². The predicted molar refractivity (Wildman–Crippen MR) is 68.0 cm³/mol. The maximum absolute atomic E-state index is 12.2. The molecule has 1 saturated carbocycles. The minimum atomic E-state index is 0.0314. The number of benzene rings is 1. The van der Waals surface area contributed by atoms with E-state index in [9.17, 15) is 4.79 Å². The van der Waals surface area contributed by atoms with Crippen molar-refractivity contribution in [3.63, 3.8) is 0 Å². The van der Waals surface area contributed by atoms with E-state index in [-0.39, 0.29) is 11.4 Å². The number of hydrogen-bond acceptors (Lipinski definition) is 1. The Bertz CT molecular complexity index is 454. The summed E-state index contributed by atoms with van der Waals surface area (Å²) in [5.74, 6) is 0.717. The Morgan fingerprint density at radius 2 is 2.12 bits per heavy atom. The molecule has 1 fully saturated rings. The van der Waals surface area contributed by atoms with Gasteiger partial charge in [0.05, 0.1) is 0 Å². The van der Waals surface area contributed by atoms with Crippen LogP contribution < -0.4 is 5.32 Å². The highest BCUT2D eigenvalue weighted by atomic mass is 16.1. The summed E-state index contributed by atoms with van der Waals surface area (Å²) in [4.78, 5) is 12.2. The molecule has 17 heavy (non-hydrogen) atoms. The number of hydrogen-bond donors (Lipinski definition) is 1. The fourth-order valence-corrected chi connectivity index (χ4v) is 3.44. The van der Waals surface area contributed by atoms with Crippen LogP contribution in [0.2, 0.25) is 0 Å². The van der Waals surface area contributed by atoms with E-state index in [1.54, 1.807) is 0 Å². The standard InChI is InChI=1S/C15H19NO/c1-11-6-4-5-9-15(11)10-12-7-2-3-8-13(12)14(17)16-15/h2-3,7-8,11H,4-6,9-10H2,1H3,(H,16,17)/t11-,15+/m1/s1. The van der Waals surface area contributed by atoms with Gasteiger partial charge >= 0.3 is 0 Å². The van der Waals surface area contributed by atoms with Gasteiger partial charge in [0.25, 0.3) is 5.91 Å². The van der Waals surface area contributed by atoms with Crippen LogP contribution in [0.15, 0.2) is 24.3 Å². The van der Waals surface area contributed by atoms with E-state index in [0.29, 0.717) is 5.92 Å². The van der Waals surface area contributed by atoms with E-state index in [0.717, 1.165) is 18.4 Å². The van der Waals surface area contributed by atoms with Crippen molar-refractivity contribution in [2.45, 2.75) is 44.6 Å². The minimum absolute atomic E-state index is 0.0314. The van der Waals surface area contributed by atoms with Gasteiger partial charge in [0.1, 0.15) is 0 Å². The number of carbonyl (C=O) groups is 1. The molecule has 1 aliphatic carbocycles. The second-order valence-electron chi connectivity index (χ2n) is 5.59. The largest absolute Gasteiger partial charge is 0.346 e. The van der Waals surface area contributed by atoms with Crippen LogP contribution in [-0.2, 0) is 6.42 Å². The van der Waals surface area contributed by atoms with E-state index in [4.69, 9.17) is 0 Å². The first kappa shape index (κ1) is 10.8. The van der Waals surface area contributed by atoms with Crippen LogP contribution in [0.1, 0.15) is 48.5 Å². The molecular formula is C15H19NO. The minimum Gasteiger partial charge on any atom is -0.346 e. The lowest BCUT2D eigenvalue weighted by Crippen LogP contribution is -2.58. The second-order valence-corrected chi connectivity index (χ2v) is 5.59. The van der Waals surface area contributed by atoms with Crippen molar-refractivity contribution in [3.8, 4) is 0 Å². The van der Waals surface area contributed by atoms with Gasteiger partial charge in [-0.2, -0.15) is 0 Å². The van der Waals surface area contributed by atoms with Gasteiger partial charge in [0, 0.05) is 11.1 Å². The van der Waals surface area contributed by atoms with Gasteiger partial charge in [-0.3, -0.25) is 4.79 Å². The molecule has 2 heteroatoms. The molecule has 1 amide bonds. The fourth-order valence-electron chi connectivity index (χ4n) is 3.44. The molecule has 1 spiro atoms. The number of fused-ring (bicyclic) bond motifs is 1. The zero-order valence-electron chi connectivity index (χ0n) is 10.3. The SMILES string of the molecule is C[C@@H]1CCCC[C@]12Cc1ccccc1C(=O)N2. The third-order valence-electron chi connectivity index (χ3n) is 4.58. The first-order valence-electron chi connectivity index (χ1n) is 6.62. The molecule has 1 heterocycles. The van der Waals surface area contributed by atoms with Crippen LogP contribution in [0.4, 0.5) is 0 Å². The second kappa shape index (κ2) is 3.86. The molecule has 0 aromatic heterocycles. The van der Waals surface area contributed by atoms with Crippen molar-refractivity contribution in [1.29, 1.82) is 0 Å². The van der Waals surface area contributed by atoms with Crippen LogP contribution in [0.25, 0.3) is 0 Å². The topological polar surface area (TPSA) is 29.1 Å². The highest BCUT2D eigenvalue weighted by Crippen LogP contribution is 2.39. The summed E-state index contributed by atoms with van der Waals surface area (Å²) < 4.78 is 0. The molecule has 1 aromatic carbocycles. The van der Waals surface area contributed by atoms with Gasteiger partial charge < -0.3 is 5.32 Å². The maximum atomic E-state index is 12.2. The molecule has 0 unspecified atom stereocenters. The average Bonchev–Trinajstić information content (AvgIpc) is 2.33. The first-order chi connectivity index (χ1) is 8.21. The molecule has 2 nitrogen and oxygen atoms in total. The molecule has 0 radical (unpaired) electrons. The quantitative estimate of drug-likeness (QED) is 0.728. The third-order valence-corrected chi connectivity index (χ3v) is 4.58. The van der Waals surface area contributed by atoms with Crippen LogP contribution in [0.5, 0.6) is 0 Å². The molecule has 1 aromatic rings. The summed E-state index contributed by atoms with van der Waals surface area (Å²) >= 11 is 0. The lowest BCUT2D eigenvalue weighted by molar-refractivity contribution is 0.0765. The Balaban J connectivity index is 2.00. The van der Waals surface area contributed by atoms with E-state index in [1.165, 1.54) is 24.8 Å². The first-order valence-corrected chi connectivity index (χ1v) is 6.62. The van der Waals surface area contributed by atoms with Crippen molar-refractivity contribution < 1.29 is 4.79 Å². The summed E-state index contributed by atoms with van der Waals surface area (Å²) in [6, 6.07) is 8.03. The summed E-state index contributed by atoms with van der Waals surface area (Å²) in [6.07, 6.45) is 5.93. The predicted octanol–water partition coefficient (Wildman–Crippen LogP) is 2.92. The summed E-state index contributed by atoms with van der Waals surface area (Å²) in [5.41, 5.74) is 2.13. The van der Waals surface area contributed by atoms with Gasteiger partial charge in [0.15, 0.2) is 0 Å². The average molecular weight is 229 g/mol. The lowest BCUT2D eigenvalue weighted by atomic mass is 9.68. The molecule has 90 valence electrons. The monoisotopic (exact) mass is 229 g/mol. The summed E-state index contributed by atoms with van der Waals surface area (Å²) in [5, 5.41) is 3.30. The highest BCUT2D eigenvalue weighted by Gasteiger charge is 2.42. The zero-order valence-corrected chi connectivity index (χ0v) is 10.3. The van der Waals surface area contributed by atoms with Gasteiger partial charge in [-0.1, -0.05) is 38.0 Å². The summed E-state index contributed by atoms with van der Waals surface area (Å²) in [6.45, 7) is 2.29. The molecule has 0 saturated heterocycles. The van der Waals surface area contributed by atoms with Crippen LogP contribution in [0, 0.1) is 5.92 Å². The zero-order chi connectivity index (χ0) is 11.9. The molecule has 2 aliphatic rings. The lowest BCUT2D eigenvalue weighted by Gasteiger charge is -2.46. The van der Waals surface area contributed by atoms with E-state index in [1.807, 2.05) is 18.2 Å². The Morgan fingerprint density at radius 3 is 2.94 bits per heavy atom.